The van der Waals surface area contributed by atoms with E-state index in [1.54, 1.807) is 47.4 Å². The molecule has 0 aliphatic heterocycles. The molecule has 4 atom stereocenters. The van der Waals surface area contributed by atoms with Crippen LogP contribution in [0.3, 0.4) is 0 Å². The molecule has 24 nitrogen and oxygen atoms in total. The van der Waals surface area contributed by atoms with Gasteiger partial charge in [0.25, 0.3) is 0 Å². The summed E-state index contributed by atoms with van der Waals surface area (Å²) in [6.07, 6.45) is 1.55. The summed E-state index contributed by atoms with van der Waals surface area (Å²) >= 11 is 0. The minimum Gasteiger partial charge on any atom is -0.497 e. The van der Waals surface area contributed by atoms with Gasteiger partial charge in [-0.05, 0) is 73.7 Å². The first kappa shape index (κ1) is 61.9. The Bertz CT molecular complexity index is 2420. The number of amides is 7. The first-order valence-corrected chi connectivity index (χ1v) is 25.0. The second-order valence-corrected chi connectivity index (χ2v) is 17.6. The monoisotopic (exact) mass is 1060 g/mol. The molecule has 0 radical (unpaired) electrons. The second kappa shape index (κ2) is 34.9. The van der Waals surface area contributed by atoms with E-state index in [2.05, 4.69) is 41.9 Å². The lowest BCUT2D eigenvalue weighted by atomic mass is 10.0. The highest BCUT2D eigenvalue weighted by Gasteiger charge is 2.29. The number of benzene rings is 3. The van der Waals surface area contributed by atoms with Crippen molar-refractivity contribution in [2.45, 2.75) is 121 Å². The van der Waals surface area contributed by atoms with Crippen molar-refractivity contribution >= 4 is 53.5 Å². The maximum absolute atomic E-state index is 13.8. The maximum atomic E-state index is 13.8. The highest BCUT2D eigenvalue weighted by atomic mass is 16.5. The van der Waals surface area contributed by atoms with Crippen LogP contribution >= 0.6 is 0 Å². The lowest BCUT2D eigenvalue weighted by Crippen LogP contribution is -2.55. The lowest BCUT2D eigenvalue weighted by molar-refractivity contribution is -0.141. The van der Waals surface area contributed by atoms with Crippen LogP contribution in [0.25, 0.3) is 10.4 Å². The summed E-state index contributed by atoms with van der Waals surface area (Å²) < 4.78 is 10.9. The molecule has 24 heteroatoms. The van der Waals surface area contributed by atoms with Crippen LogP contribution in [-0.4, -0.2) is 138 Å². The fourth-order valence-electron chi connectivity index (χ4n) is 7.74. The average Bonchev–Trinajstić information content (AvgIpc) is 3.40. The Hall–Kier alpha value is -8.40. The van der Waals surface area contributed by atoms with Crippen LogP contribution in [0.2, 0.25) is 0 Å². The van der Waals surface area contributed by atoms with Crippen LogP contribution in [0.4, 0.5) is 4.79 Å². The predicted molar refractivity (Wildman–Crippen MR) is 277 cm³/mol. The average molecular weight is 1060 g/mol. The molecular formula is C52H70N10O14. The molecule has 0 saturated carbocycles. The van der Waals surface area contributed by atoms with E-state index in [4.69, 9.17) is 20.1 Å². The van der Waals surface area contributed by atoms with Gasteiger partial charge in [-0.25, -0.2) is 14.4 Å². The molecule has 0 aliphatic carbocycles. The zero-order chi connectivity index (χ0) is 55.7. The SMILES string of the molecule is COc1ccc(CN(CCCC[C@H](NC(=O)N[C@@H](CCC(=O)O)C(=O)O)C(=O)O)C(=O)CCCCCNC(=O)CCC(=O)N[C@@H](Cc2ccccc2)C(=O)N[C@@H](Cc2ccccc2)C(=O)NCCCN=[N+]=[N-])c(OC)c1. The van der Waals surface area contributed by atoms with Crippen molar-refractivity contribution in [1.29, 1.82) is 0 Å². The molecule has 9 N–H and O–H groups in total. The van der Waals surface area contributed by atoms with Gasteiger partial charge in [0, 0.05) is 87.8 Å². The molecule has 0 spiro atoms. The van der Waals surface area contributed by atoms with Crippen molar-refractivity contribution < 1.29 is 67.9 Å². The van der Waals surface area contributed by atoms with Crippen molar-refractivity contribution in [3.63, 3.8) is 0 Å². The number of carboxylic acid groups (broad SMARTS) is 3. The number of azide groups is 1. The summed E-state index contributed by atoms with van der Waals surface area (Å²) in [5, 5.41) is 46.9. The van der Waals surface area contributed by atoms with E-state index in [-0.39, 0.29) is 83.6 Å². The molecule has 76 heavy (non-hydrogen) atoms. The van der Waals surface area contributed by atoms with Crippen LogP contribution in [-0.2, 0) is 57.7 Å². The Morgan fingerprint density at radius 3 is 1.80 bits per heavy atom. The molecule has 0 fully saturated rings. The quantitative estimate of drug-likeness (QED) is 0.0171. The first-order chi connectivity index (χ1) is 36.5. The lowest BCUT2D eigenvalue weighted by Gasteiger charge is -2.25. The molecule has 0 aliphatic rings. The Balaban J connectivity index is 1.53. The summed E-state index contributed by atoms with van der Waals surface area (Å²) in [5.74, 6) is -5.28. The number of nitrogens with zero attached hydrogens (tertiary/aromatic N) is 4. The van der Waals surface area contributed by atoms with E-state index in [9.17, 15) is 53.4 Å². The number of hydrogen-bond acceptors (Lipinski definition) is 12. The Kier molecular flexibility index (Phi) is 28.4. The smallest absolute Gasteiger partial charge is 0.326 e. The number of unbranched alkanes of at least 4 members (excludes halogenated alkanes) is 3. The van der Waals surface area contributed by atoms with Gasteiger partial charge in [-0.15, -0.1) is 0 Å². The Morgan fingerprint density at radius 1 is 0.605 bits per heavy atom. The number of carbonyl (C=O) groups excluding carboxylic acids is 6. The minimum absolute atomic E-state index is 0.0618. The van der Waals surface area contributed by atoms with Crippen LogP contribution in [0.1, 0.15) is 93.7 Å². The molecule has 0 saturated heterocycles. The standard InChI is InChI=1S/C52H70N10O14/c1-75-38-22-21-37(43(33-38)76-2)34-62(30-13-11-19-39(50(70)71)59-52(74)60-40(51(72)73)23-26-47(66)67)46(65)20-10-5-12-27-54-44(63)24-25-45(64)57-42(32-36-17-8-4-9-18-36)49(69)58-41(31-35-15-6-3-7-16-35)48(68)55-28-14-29-56-61-53/h3-4,6-9,15-18,21-22,33,39-42H,5,10-14,19-20,23-32,34H2,1-2H3,(H,54,63)(H,55,68)(H,57,64)(H,58,69)(H,66,67)(H,70,71)(H,72,73)(H2,59,60,74)/t39-,40-,41-,42-/m0/s1. The van der Waals surface area contributed by atoms with E-state index < -0.39 is 84.6 Å². The second-order valence-electron chi connectivity index (χ2n) is 17.6. The molecule has 7 amide bonds. The maximum Gasteiger partial charge on any atom is 0.326 e. The summed E-state index contributed by atoms with van der Waals surface area (Å²) in [5.41, 5.74) is 10.8. The topological polar surface area (TPSA) is 357 Å². The highest BCUT2D eigenvalue weighted by molar-refractivity contribution is 5.93. The molecule has 0 aromatic heterocycles. The first-order valence-electron chi connectivity index (χ1n) is 25.0. The third-order valence-corrected chi connectivity index (χ3v) is 11.8. The molecule has 0 bridgehead atoms. The van der Waals surface area contributed by atoms with E-state index in [0.29, 0.717) is 49.2 Å². The number of ether oxygens (including phenoxy) is 2. The van der Waals surface area contributed by atoms with Gasteiger partial charge in [-0.3, -0.25) is 28.8 Å². The van der Waals surface area contributed by atoms with Gasteiger partial charge in [0.15, 0.2) is 0 Å². The fraction of sp³-hybridized carbons (Fsp3) is 0.481. The largest absolute Gasteiger partial charge is 0.497 e. The van der Waals surface area contributed by atoms with E-state index in [1.807, 2.05) is 36.4 Å². The number of carbonyl (C=O) groups is 9. The third-order valence-electron chi connectivity index (χ3n) is 11.8. The van der Waals surface area contributed by atoms with Gasteiger partial charge >= 0.3 is 23.9 Å². The molecule has 3 aromatic carbocycles. The summed E-state index contributed by atoms with van der Waals surface area (Å²) in [6.45, 7) is 1.03. The number of urea groups is 1. The van der Waals surface area contributed by atoms with Crippen LogP contribution in [0, 0.1) is 0 Å². The van der Waals surface area contributed by atoms with Gasteiger partial charge in [0.2, 0.25) is 29.5 Å². The zero-order valence-electron chi connectivity index (χ0n) is 42.9. The summed E-state index contributed by atoms with van der Waals surface area (Å²) in [7, 11) is 2.99. The molecule has 3 aromatic rings. The van der Waals surface area contributed by atoms with E-state index in [1.165, 1.54) is 14.2 Å². The number of hydrogen-bond donors (Lipinski definition) is 9. The van der Waals surface area contributed by atoms with E-state index >= 15 is 0 Å². The minimum atomic E-state index is -1.55. The Morgan fingerprint density at radius 2 is 1.21 bits per heavy atom. The van der Waals surface area contributed by atoms with Gasteiger partial charge in [0.1, 0.15) is 35.7 Å². The number of methoxy groups -OCH3 is 2. The number of carboxylic acids is 3. The number of rotatable bonds is 37. The van der Waals surface area contributed by atoms with E-state index in [0.717, 1.165) is 11.1 Å². The van der Waals surface area contributed by atoms with Crippen molar-refractivity contribution in [3.05, 3.63) is 106 Å². The predicted octanol–water partition coefficient (Wildman–Crippen LogP) is 4.00. The van der Waals surface area contributed by atoms with Gasteiger partial charge < -0.3 is 61.6 Å². The third kappa shape index (κ3) is 24.5. The number of nitrogens with one attached hydrogen (secondary N) is 6. The highest BCUT2D eigenvalue weighted by Crippen LogP contribution is 2.26. The van der Waals surface area contributed by atoms with Crippen molar-refractivity contribution in [2.75, 3.05) is 40.4 Å². The Labute approximate surface area is 440 Å². The summed E-state index contributed by atoms with van der Waals surface area (Å²) in [4.78, 5) is 118. The van der Waals surface area contributed by atoms with Crippen molar-refractivity contribution in [3.8, 4) is 11.5 Å². The van der Waals surface area contributed by atoms with Gasteiger partial charge in [-0.1, -0.05) is 72.2 Å². The van der Waals surface area contributed by atoms with Crippen molar-refractivity contribution in [1.82, 2.24) is 36.8 Å². The molecule has 3 rings (SSSR count). The van der Waals surface area contributed by atoms with Crippen LogP contribution in [0.15, 0.2) is 84.0 Å². The normalized spacial score (nSPS) is 12.2. The molecule has 0 heterocycles. The number of aliphatic carboxylic acids is 3. The summed E-state index contributed by atoms with van der Waals surface area (Å²) in [6, 6.07) is 17.2. The van der Waals surface area contributed by atoms with Crippen molar-refractivity contribution in [2.24, 2.45) is 5.11 Å². The zero-order valence-corrected chi connectivity index (χ0v) is 42.9. The molecule has 0 unspecified atom stereocenters. The fourth-order valence-corrected chi connectivity index (χ4v) is 7.74. The van der Waals surface area contributed by atoms with Crippen LogP contribution in [0.5, 0.6) is 11.5 Å². The van der Waals surface area contributed by atoms with Gasteiger partial charge in [0.05, 0.1) is 14.2 Å². The molecular weight excluding hydrogens is 989 g/mol. The molecule has 412 valence electrons. The van der Waals surface area contributed by atoms with Crippen LogP contribution < -0.4 is 41.4 Å². The van der Waals surface area contributed by atoms with Gasteiger partial charge in [-0.2, -0.15) is 0 Å².